The summed E-state index contributed by atoms with van der Waals surface area (Å²) in [6.07, 6.45) is 3.55. The summed E-state index contributed by atoms with van der Waals surface area (Å²) in [6.45, 7) is 0.183. The summed E-state index contributed by atoms with van der Waals surface area (Å²) in [5, 5.41) is 0. The first-order chi connectivity index (χ1) is 19.1. The number of benzene rings is 3. The molecule has 3 aromatic carbocycles. The van der Waals surface area contributed by atoms with E-state index in [9.17, 15) is 4.79 Å². The van der Waals surface area contributed by atoms with Crippen LogP contribution in [-0.2, 0) is 6.42 Å². The van der Waals surface area contributed by atoms with E-state index >= 15 is 0 Å². The number of allylic oxidation sites excluding steroid dienone is 1. The smallest absolute Gasteiger partial charge is 0.271 e. The molecule has 0 fully saturated rings. The monoisotopic (exact) mass is 602 g/mol. The summed E-state index contributed by atoms with van der Waals surface area (Å²) in [7, 11) is 3.29. The van der Waals surface area contributed by atoms with Gasteiger partial charge in [0.25, 0.3) is 5.56 Å². The summed E-state index contributed by atoms with van der Waals surface area (Å²) in [6, 6.07) is 17.5. The standard InChI is InChI=1S/C30H23BrN2O5S/c1-35-18-8-10-23(36-2)21(13-18)28-20-9-7-16-5-3-4-6-19(16)27(20)32-30-33(28)29(34)26(39-30)12-17-11-24-25(14-22(17)31)38-15-37-24/h3-6,8,10-14,28H,7,9,15H2,1-2H3/t28-/m1/s1. The molecule has 0 saturated carbocycles. The Morgan fingerprint density at radius 3 is 2.69 bits per heavy atom. The SMILES string of the molecule is COc1ccc(OC)c([C@H]2C3=C(N=c4sc(=Cc5cc6c(cc5Br)OCO6)c(=O)n42)c2ccccc2CC3)c1. The van der Waals surface area contributed by atoms with Crippen molar-refractivity contribution in [3.8, 4) is 23.0 Å². The number of rotatable bonds is 4. The lowest BCUT2D eigenvalue weighted by molar-refractivity contribution is 0.174. The highest BCUT2D eigenvalue weighted by atomic mass is 79.9. The molecule has 3 heterocycles. The van der Waals surface area contributed by atoms with Crippen molar-refractivity contribution in [3.05, 3.63) is 107 Å². The third kappa shape index (κ3) is 3.91. The van der Waals surface area contributed by atoms with Gasteiger partial charge in [-0.15, -0.1) is 0 Å². The van der Waals surface area contributed by atoms with Crippen LogP contribution in [-0.4, -0.2) is 25.6 Å². The highest BCUT2D eigenvalue weighted by Gasteiger charge is 2.34. The maximum atomic E-state index is 14.1. The van der Waals surface area contributed by atoms with Crippen LogP contribution in [0.5, 0.6) is 23.0 Å². The lowest BCUT2D eigenvalue weighted by atomic mass is 9.83. The van der Waals surface area contributed by atoms with Gasteiger partial charge in [-0.05, 0) is 65.9 Å². The van der Waals surface area contributed by atoms with Gasteiger partial charge in [0.2, 0.25) is 6.79 Å². The van der Waals surface area contributed by atoms with Crippen LogP contribution in [0.3, 0.4) is 0 Å². The molecule has 0 spiro atoms. The highest BCUT2D eigenvalue weighted by molar-refractivity contribution is 9.10. The number of aromatic nitrogens is 1. The normalized spacial score (nSPS) is 17.3. The number of ether oxygens (including phenoxy) is 4. The third-order valence-corrected chi connectivity index (χ3v) is 9.05. The average Bonchev–Trinajstić information content (AvgIpc) is 3.54. The molecule has 39 heavy (non-hydrogen) atoms. The number of hydrogen-bond donors (Lipinski definition) is 0. The van der Waals surface area contributed by atoms with E-state index < -0.39 is 0 Å². The van der Waals surface area contributed by atoms with E-state index in [0.717, 1.165) is 45.3 Å². The van der Waals surface area contributed by atoms with E-state index in [-0.39, 0.29) is 18.4 Å². The van der Waals surface area contributed by atoms with Crippen LogP contribution < -0.4 is 33.8 Å². The Kier molecular flexibility index (Phi) is 5.86. The van der Waals surface area contributed by atoms with Crippen molar-refractivity contribution in [1.82, 2.24) is 4.57 Å². The number of halogens is 1. The Balaban J connectivity index is 1.50. The first-order valence-electron chi connectivity index (χ1n) is 12.5. The molecule has 7 nitrogen and oxygen atoms in total. The van der Waals surface area contributed by atoms with Gasteiger partial charge < -0.3 is 18.9 Å². The maximum absolute atomic E-state index is 14.1. The van der Waals surface area contributed by atoms with Crippen LogP contribution in [0.15, 0.2) is 74.4 Å². The zero-order valence-electron chi connectivity index (χ0n) is 21.2. The zero-order valence-corrected chi connectivity index (χ0v) is 23.6. The van der Waals surface area contributed by atoms with Crippen molar-refractivity contribution in [3.63, 3.8) is 0 Å². The van der Waals surface area contributed by atoms with E-state index in [1.165, 1.54) is 16.9 Å². The second-order valence-corrected chi connectivity index (χ2v) is 11.3. The Bertz CT molecular complexity index is 1870. The number of nitrogens with zero attached hydrogens (tertiary/aromatic N) is 2. The van der Waals surface area contributed by atoms with Crippen molar-refractivity contribution in [2.75, 3.05) is 21.0 Å². The molecule has 2 aliphatic heterocycles. The van der Waals surface area contributed by atoms with Gasteiger partial charge >= 0.3 is 0 Å². The molecule has 0 N–H and O–H groups in total. The largest absolute Gasteiger partial charge is 0.497 e. The molecular weight excluding hydrogens is 580 g/mol. The predicted octanol–water partition coefficient (Wildman–Crippen LogP) is 4.83. The van der Waals surface area contributed by atoms with E-state index in [0.29, 0.717) is 32.3 Å². The van der Waals surface area contributed by atoms with Crippen molar-refractivity contribution in [2.24, 2.45) is 4.99 Å². The van der Waals surface area contributed by atoms with Gasteiger partial charge in [0, 0.05) is 15.6 Å². The molecule has 0 radical (unpaired) electrons. The molecule has 1 aromatic heterocycles. The second kappa shape index (κ2) is 9.43. The Morgan fingerprint density at radius 1 is 1.05 bits per heavy atom. The van der Waals surface area contributed by atoms with Crippen LogP contribution in [0.1, 0.15) is 34.7 Å². The molecule has 196 valence electrons. The highest BCUT2D eigenvalue weighted by Crippen LogP contribution is 2.44. The molecule has 1 atom stereocenters. The van der Waals surface area contributed by atoms with Crippen LogP contribution in [0.4, 0.5) is 0 Å². The average molecular weight is 603 g/mol. The molecule has 0 unspecified atom stereocenters. The molecule has 9 heteroatoms. The van der Waals surface area contributed by atoms with E-state index in [1.807, 2.05) is 42.5 Å². The number of methoxy groups -OCH3 is 2. The van der Waals surface area contributed by atoms with Crippen molar-refractivity contribution < 1.29 is 18.9 Å². The van der Waals surface area contributed by atoms with Crippen molar-refractivity contribution >= 4 is 39.0 Å². The predicted molar refractivity (Wildman–Crippen MR) is 153 cm³/mol. The van der Waals surface area contributed by atoms with Gasteiger partial charge in [-0.1, -0.05) is 51.5 Å². The fourth-order valence-corrected chi connectivity index (χ4v) is 6.97. The van der Waals surface area contributed by atoms with Crippen LogP contribution in [0.25, 0.3) is 11.8 Å². The maximum Gasteiger partial charge on any atom is 0.271 e. The minimum atomic E-state index is -0.378. The molecule has 3 aliphatic rings. The molecule has 0 amide bonds. The van der Waals surface area contributed by atoms with Crippen molar-refractivity contribution in [1.29, 1.82) is 0 Å². The van der Waals surface area contributed by atoms with Crippen LogP contribution in [0.2, 0.25) is 0 Å². The molecule has 0 saturated heterocycles. The molecule has 4 aromatic rings. The van der Waals surface area contributed by atoms with Gasteiger partial charge in [-0.2, -0.15) is 0 Å². The summed E-state index contributed by atoms with van der Waals surface area (Å²) < 4.78 is 25.6. The molecular formula is C30H23BrN2O5S. The number of hydrogen-bond acceptors (Lipinski definition) is 7. The minimum absolute atomic E-state index is 0.108. The van der Waals surface area contributed by atoms with Gasteiger partial charge in [-0.3, -0.25) is 9.36 Å². The summed E-state index contributed by atoms with van der Waals surface area (Å²) in [4.78, 5) is 19.9. The fraction of sp³-hybridized carbons (Fsp3) is 0.200. The third-order valence-electron chi connectivity index (χ3n) is 7.38. The molecule has 0 bridgehead atoms. The van der Waals surface area contributed by atoms with Crippen LogP contribution in [0, 0.1) is 0 Å². The van der Waals surface area contributed by atoms with Gasteiger partial charge in [0.05, 0.1) is 30.5 Å². The summed E-state index contributed by atoms with van der Waals surface area (Å²) >= 11 is 5.00. The first-order valence-corrected chi connectivity index (χ1v) is 14.1. The van der Waals surface area contributed by atoms with Gasteiger partial charge in [0.1, 0.15) is 11.5 Å². The lowest BCUT2D eigenvalue weighted by Gasteiger charge is -2.31. The minimum Gasteiger partial charge on any atom is -0.497 e. The Labute approximate surface area is 236 Å². The van der Waals surface area contributed by atoms with E-state index in [2.05, 4.69) is 34.1 Å². The summed E-state index contributed by atoms with van der Waals surface area (Å²) in [5.74, 6) is 2.73. The molecule has 1 aliphatic carbocycles. The fourth-order valence-electron chi connectivity index (χ4n) is 5.54. The van der Waals surface area contributed by atoms with Crippen LogP contribution >= 0.6 is 27.3 Å². The number of aryl methyl sites for hydroxylation is 1. The van der Waals surface area contributed by atoms with Gasteiger partial charge in [0.15, 0.2) is 16.3 Å². The Morgan fingerprint density at radius 2 is 1.87 bits per heavy atom. The number of thiazole rings is 1. The first kappa shape index (κ1) is 24.2. The molecule has 7 rings (SSSR count). The zero-order chi connectivity index (χ0) is 26.7. The van der Waals surface area contributed by atoms with Crippen molar-refractivity contribution in [2.45, 2.75) is 18.9 Å². The Hall–Kier alpha value is -3.82. The van der Waals surface area contributed by atoms with E-state index in [1.54, 1.807) is 18.8 Å². The quantitative estimate of drug-likeness (QED) is 0.335. The van der Waals surface area contributed by atoms with E-state index in [4.69, 9.17) is 23.9 Å². The number of fused-ring (bicyclic) bond motifs is 4. The summed E-state index contributed by atoms with van der Waals surface area (Å²) in [5.41, 5.74) is 6.00. The van der Waals surface area contributed by atoms with Gasteiger partial charge in [-0.25, -0.2) is 4.99 Å². The lowest BCUT2D eigenvalue weighted by Crippen LogP contribution is -2.39. The second-order valence-electron chi connectivity index (χ2n) is 9.45. The topological polar surface area (TPSA) is 71.3 Å².